The number of halogens is 1. The zero-order chi connectivity index (χ0) is 12.3. The molecule has 1 fully saturated rings. The molecule has 1 N–H and O–H groups in total. The average Bonchev–Trinajstić information content (AvgIpc) is 2.76. The van der Waals surface area contributed by atoms with Crippen LogP contribution in [0.5, 0.6) is 0 Å². The summed E-state index contributed by atoms with van der Waals surface area (Å²) in [5.74, 6) is -0.139. The van der Waals surface area contributed by atoms with Crippen LogP contribution in [0.25, 0.3) is 0 Å². The molecule has 0 spiro atoms. The third kappa shape index (κ3) is 2.85. The monoisotopic (exact) mass is 237 g/mol. The number of ether oxygens (including phenoxy) is 1. The molecule has 3 unspecified atom stereocenters. The van der Waals surface area contributed by atoms with Gasteiger partial charge in [0.15, 0.2) is 0 Å². The normalized spacial score (nSPS) is 26.1. The summed E-state index contributed by atoms with van der Waals surface area (Å²) in [6.07, 6.45) is 3.65. The summed E-state index contributed by atoms with van der Waals surface area (Å²) in [7, 11) is 1.75. The Morgan fingerprint density at radius 2 is 2.12 bits per heavy atom. The lowest BCUT2D eigenvalue weighted by Gasteiger charge is -2.24. The van der Waals surface area contributed by atoms with Crippen LogP contribution in [0.15, 0.2) is 24.3 Å². The summed E-state index contributed by atoms with van der Waals surface area (Å²) in [6, 6.07) is 7.31. The van der Waals surface area contributed by atoms with Gasteiger partial charge in [-0.15, -0.1) is 0 Å². The molecule has 3 atom stereocenters. The molecule has 0 bridgehead atoms. The summed E-state index contributed by atoms with van der Waals surface area (Å²) in [5.41, 5.74) is 0.731. The molecule has 2 nitrogen and oxygen atoms in total. The van der Waals surface area contributed by atoms with E-state index in [1.165, 1.54) is 12.5 Å². The second kappa shape index (κ2) is 5.61. The lowest BCUT2D eigenvalue weighted by Crippen LogP contribution is -2.38. The van der Waals surface area contributed by atoms with E-state index >= 15 is 0 Å². The number of methoxy groups -OCH3 is 1. The summed E-state index contributed by atoms with van der Waals surface area (Å²) in [5, 5.41) is 3.47. The van der Waals surface area contributed by atoms with Crippen molar-refractivity contribution in [1.82, 2.24) is 5.32 Å². The number of benzene rings is 1. The van der Waals surface area contributed by atoms with Gasteiger partial charge in [-0.05, 0) is 32.3 Å². The van der Waals surface area contributed by atoms with Gasteiger partial charge in [-0.2, -0.15) is 0 Å². The van der Waals surface area contributed by atoms with Crippen LogP contribution in [0.4, 0.5) is 4.39 Å². The molecule has 0 saturated heterocycles. The molecule has 1 saturated carbocycles. The fourth-order valence-electron chi connectivity index (χ4n) is 2.64. The smallest absolute Gasteiger partial charge is 0.127 e. The zero-order valence-corrected chi connectivity index (χ0v) is 10.4. The highest BCUT2D eigenvalue weighted by Gasteiger charge is 2.28. The maximum atomic E-state index is 13.6. The number of nitrogens with one attached hydrogen (secondary N) is 1. The Hall–Kier alpha value is -0.930. The van der Waals surface area contributed by atoms with E-state index in [4.69, 9.17) is 4.74 Å². The van der Waals surface area contributed by atoms with Crippen molar-refractivity contribution in [1.29, 1.82) is 0 Å². The van der Waals surface area contributed by atoms with Crippen molar-refractivity contribution in [3.63, 3.8) is 0 Å². The second-order valence-corrected chi connectivity index (χ2v) is 4.72. The van der Waals surface area contributed by atoms with Crippen LogP contribution >= 0.6 is 0 Å². The van der Waals surface area contributed by atoms with Crippen molar-refractivity contribution >= 4 is 0 Å². The van der Waals surface area contributed by atoms with Crippen molar-refractivity contribution in [3.8, 4) is 0 Å². The first-order valence-electron chi connectivity index (χ1n) is 6.25. The molecular formula is C14H20FNO. The molecule has 0 aliphatic heterocycles. The third-order valence-corrected chi connectivity index (χ3v) is 3.59. The Labute approximate surface area is 102 Å². The van der Waals surface area contributed by atoms with Gasteiger partial charge in [-0.25, -0.2) is 4.39 Å². The molecule has 0 amide bonds. The highest BCUT2D eigenvalue weighted by atomic mass is 19.1. The quantitative estimate of drug-likeness (QED) is 0.869. The van der Waals surface area contributed by atoms with Crippen molar-refractivity contribution in [3.05, 3.63) is 35.6 Å². The van der Waals surface area contributed by atoms with E-state index in [0.717, 1.165) is 18.4 Å². The Morgan fingerprint density at radius 3 is 2.82 bits per heavy atom. The van der Waals surface area contributed by atoms with Gasteiger partial charge in [0.1, 0.15) is 5.82 Å². The standard InChI is InChI=1S/C14H20FNO/c1-10(11-6-3-4-7-12(11)15)16-13-8-5-9-14(13)17-2/h3-4,6-7,10,13-14,16H,5,8-9H2,1-2H3. The fraction of sp³-hybridized carbons (Fsp3) is 0.571. The number of hydrogen-bond donors (Lipinski definition) is 1. The van der Waals surface area contributed by atoms with E-state index in [-0.39, 0.29) is 18.0 Å². The van der Waals surface area contributed by atoms with Crippen LogP contribution in [-0.2, 0) is 4.74 Å². The van der Waals surface area contributed by atoms with E-state index in [2.05, 4.69) is 5.32 Å². The van der Waals surface area contributed by atoms with Crippen molar-refractivity contribution in [2.45, 2.75) is 44.4 Å². The van der Waals surface area contributed by atoms with Gasteiger partial charge in [-0.3, -0.25) is 0 Å². The average molecular weight is 237 g/mol. The fourth-order valence-corrected chi connectivity index (χ4v) is 2.64. The van der Waals surface area contributed by atoms with E-state index in [1.54, 1.807) is 13.2 Å². The first kappa shape index (κ1) is 12.5. The molecule has 1 aromatic rings. The second-order valence-electron chi connectivity index (χ2n) is 4.72. The summed E-state index contributed by atoms with van der Waals surface area (Å²) in [6.45, 7) is 2.00. The molecule has 0 aromatic heterocycles. The van der Waals surface area contributed by atoms with Gasteiger partial charge < -0.3 is 10.1 Å². The Bertz CT molecular complexity index is 369. The van der Waals surface area contributed by atoms with Crippen molar-refractivity contribution in [2.24, 2.45) is 0 Å². The van der Waals surface area contributed by atoms with Crippen molar-refractivity contribution < 1.29 is 9.13 Å². The summed E-state index contributed by atoms with van der Waals surface area (Å²) in [4.78, 5) is 0. The minimum atomic E-state index is -0.139. The summed E-state index contributed by atoms with van der Waals surface area (Å²) >= 11 is 0. The first-order valence-corrected chi connectivity index (χ1v) is 6.25. The lowest BCUT2D eigenvalue weighted by molar-refractivity contribution is 0.0818. The van der Waals surface area contributed by atoms with E-state index in [0.29, 0.717) is 6.04 Å². The largest absolute Gasteiger partial charge is 0.380 e. The van der Waals surface area contributed by atoms with Crippen LogP contribution in [0.3, 0.4) is 0 Å². The molecule has 1 aromatic carbocycles. The Kier molecular flexibility index (Phi) is 4.13. The molecule has 1 aliphatic rings. The Balaban J connectivity index is 2.01. The van der Waals surface area contributed by atoms with Gasteiger partial charge in [0.2, 0.25) is 0 Å². The third-order valence-electron chi connectivity index (χ3n) is 3.59. The minimum absolute atomic E-state index is 0.0250. The summed E-state index contributed by atoms with van der Waals surface area (Å²) < 4.78 is 19.1. The number of hydrogen-bond acceptors (Lipinski definition) is 2. The van der Waals surface area contributed by atoms with Gasteiger partial charge >= 0.3 is 0 Å². The lowest BCUT2D eigenvalue weighted by atomic mass is 10.1. The minimum Gasteiger partial charge on any atom is -0.380 e. The maximum absolute atomic E-state index is 13.6. The van der Waals surface area contributed by atoms with Gasteiger partial charge in [0.05, 0.1) is 6.10 Å². The van der Waals surface area contributed by atoms with Gasteiger partial charge in [0, 0.05) is 24.8 Å². The van der Waals surface area contributed by atoms with Crippen LogP contribution in [0.1, 0.15) is 37.8 Å². The van der Waals surface area contributed by atoms with Crippen molar-refractivity contribution in [2.75, 3.05) is 7.11 Å². The van der Waals surface area contributed by atoms with Crippen LogP contribution in [0, 0.1) is 5.82 Å². The van der Waals surface area contributed by atoms with Crippen LogP contribution in [0.2, 0.25) is 0 Å². The van der Waals surface area contributed by atoms with E-state index < -0.39 is 0 Å². The molecule has 0 heterocycles. The van der Waals surface area contributed by atoms with Crippen LogP contribution < -0.4 is 5.32 Å². The molecule has 94 valence electrons. The van der Waals surface area contributed by atoms with Crippen LogP contribution in [-0.4, -0.2) is 19.3 Å². The molecule has 1 aliphatic carbocycles. The van der Waals surface area contributed by atoms with Gasteiger partial charge in [0.25, 0.3) is 0 Å². The maximum Gasteiger partial charge on any atom is 0.127 e. The predicted octanol–water partition coefficient (Wildman–Crippen LogP) is 3.04. The Morgan fingerprint density at radius 1 is 1.35 bits per heavy atom. The topological polar surface area (TPSA) is 21.3 Å². The molecular weight excluding hydrogens is 217 g/mol. The highest BCUT2D eigenvalue weighted by molar-refractivity contribution is 5.20. The van der Waals surface area contributed by atoms with E-state index in [9.17, 15) is 4.39 Å². The van der Waals surface area contributed by atoms with E-state index in [1.807, 2.05) is 19.1 Å². The highest BCUT2D eigenvalue weighted by Crippen LogP contribution is 2.25. The first-order chi connectivity index (χ1) is 8.22. The molecule has 2 rings (SSSR count). The predicted molar refractivity (Wildman–Crippen MR) is 66.4 cm³/mol. The number of rotatable bonds is 4. The molecule has 3 heteroatoms. The van der Waals surface area contributed by atoms with Gasteiger partial charge in [-0.1, -0.05) is 18.2 Å². The SMILES string of the molecule is COC1CCCC1NC(C)c1ccccc1F. The molecule has 17 heavy (non-hydrogen) atoms. The molecule has 0 radical (unpaired) electrons. The zero-order valence-electron chi connectivity index (χ0n) is 10.4.